The van der Waals surface area contributed by atoms with Gasteiger partial charge in [-0.3, -0.25) is 5.32 Å². The summed E-state index contributed by atoms with van der Waals surface area (Å²) in [6.45, 7) is 9.52. The zero-order chi connectivity index (χ0) is 20.4. The molecule has 156 valence electrons. The number of rotatable bonds is 7. The Morgan fingerprint density at radius 2 is 2.00 bits per heavy atom. The molecule has 1 saturated carbocycles. The predicted molar refractivity (Wildman–Crippen MR) is 115 cm³/mol. The number of ether oxygens (including phenoxy) is 1. The molecule has 6 nitrogen and oxygen atoms in total. The Morgan fingerprint density at radius 1 is 1.32 bits per heavy atom. The lowest BCUT2D eigenvalue weighted by atomic mass is 10.1. The summed E-state index contributed by atoms with van der Waals surface area (Å²) in [6, 6.07) is 10.7. The number of anilines is 1. The summed E-state index contributed by atoms with van der Waals surface area (Å²) in [5.41, 5.74) is -0.134. The molecular weight excluding hydrogens is 376 g/mol. The van der Waals surface area contributed by atoms with E-state index in [1.165, 1.54) is 0 Å². The van der Waals surface area contributed by atoms with Crippen LogP contribution in [0.1, 0.15) is 47.7 Å². The van der Waals surface area contributed by atoms with Gasteiger partial charge >= 0.3 is 6.09 Å². The topological polar surface area (TPSA) is 73.6 Å². The molecule has 1 unspecified atom stereocenters. The third-order valence-electron chi connectivity index (χ3n) is 5.51. The van der Waals surface area contributed by atoms with Crippen molar-refractivity contribution >= 4 is 22.2 Å². The number of para-hydroxylation sites is 1. The van der Waals surface area contributed by atoms with Gasteiger partial charge in [-0.2, -0.15) is 0 Å². The number of carbonyl (C=O) groups is 1. The van der Waals surface area contributed by atoms with E-state index in [1.807, 2.05) is 6.07 Å². The third-order valence-corrected chi connectivity index (χ3v) is 9.84. The Kier molecular flexibility index (Phi) is 5.77. The molecule has 1 amide bonds. The van der Waals surface area contributed by atoms with Crippen molar-refractivity contribution in [3.05, 3.63) is 42.2 Å². The van der Waals surface area contributed by atoms with E-state index in [4.69, 9.17) is 13.4 Å². The van der Waals surface area contributed by atoms with Crippen molar-refractivity contribution in [2.24, 2.45) is 0 Å². The van der Waals surface area contributed by atoms with Gasteiger partial charge in [0.2, 0.25) is 0 Å². The van der Waals surface area contributed by atoms with E-state index < -0.39 is 16.4 Å². The summed E-state index contributed by atoms with van der Waals surface area (Å²) in [7, 11) is -1.19. The molecule has 28 heavy (non-hydrogen) atoms. The van der Waals surface area contributed by atoms with E-state index in [0.29, 0.717) is 18.2 Å². The zero-order valence-corrected chi connectivity index (χ0v) is 18.1. The van der Waals surface area contributed by atoms with E-state index in [1.54, 1.807) is 30.3 Å². The normalized spacial score (nSPS) is 18.8. The van der Waals surface area contributed by atoms with Crippen LogP contribution in [0, 0.1) is 0 Å². The van der Waals surface area contributed by atoms with Gasteiger partial charge in [-0.15, -0.1) is 10.3 Å². The van der Waals surface area contributed by atoms with Crippen LogP contribution < -0.4 is 10.1 Å². The highest BCUT2D eigenvalue weighted by molar-refractivity contribution is 8.30. The molecule has 2 aromatic rings. The Morgan fingerprint density at radius 3 is 2.57 bits per heavy atom. The Hall–Kier alpha value is -1.99. The van der Waals surface area contributed by atoms with Crippen molar-refractivity contribution in [3.63, 3.8) is 0 Å². The van der Waals surface area contributed by atoms with Gasteiger partial charge in [0.25, 0.3) is 0 Å². The highest BCUT2D eigenvalue weighted by Gasteiger charge is 2.50. The molecule has 1 N–H and O–H groups in total. The third kappa shape index (κ3) is 4.52. The van der Waals surface area contributed by atoms with Crippen LogP contribution in [-0.2, 0) is 9.60 Å². The zero-order valence-electron chi connectivity index (χ0n) is 17.3. The lowest BCUT2D eigenvalue weighted by molar-refractivity contribution is 0.215. The average Bonchev–Trinajstić information content (AvgIpc) is 3.30. The maximum absolute atomic E-state index is 12.0. The first kappa shape index (κ1) is 20.7. The van der Waals surface area contributed by atoms with E-state index >= 15 is 0 Å². The van der Waals surface area contributed by atoms with Crippen molar-refractivity contribution in [2.75, 3.05) is 23.9 Å². The number of hydrogen-bond acceptors (Lipinski definition) is 5. The van der Waals surface area contributed by atoms with Crippen molar-refractivity contribution in [1.82, 2.24) is 5.16 Å². The minimum Gasteiger partial charge on any atom is -0.410 e. The number of hydrogen-bond donors (Lipinski definition) is 1. The fourth-order valence-corrected chi connectivity index (χ4v) is 4.73. The van der Waals surface area contributed by atoms with Gasteiger partial charge in [-0.25, -0.2) is 4.79 Å². The van der Waals surface area contributed by atoms with Crippen molar-refractivity contribution in [2.45, 2.75) is 50.7 Å². The predicted octanol–water partition coefficient (Wildman–Crippen LogP) is 5.75. The lowest BCUT2D eigenvalue weighted by Crippen LogP contribution is -2.30. The summed E-state index contributed by atoms with van der Waals surface area (Å²) in [5.74, 6) is 2.60. The number of aromatic nitrogens is 1. The second-order valence-corrected chi connectivity index (χ2v) is 12.4. The van der Waals surface area contributed by atoms with Crippen LogP contribution in [0.25, 0.3) is 0 Å². The van der Waals surface area contributed by atoms with Crippen molar-refractivity contribution in [3.8, 4) is 5.75 Å². The van der Waals surface area contributed by atoms with Crippen molar-refractivity contribution in [1.29, 1.82) is 0 Å². The Balaban J connectivity index is 0.00000300. The molecule has 0 aliphatic heterocycles. The smallest absolute Gasteiger partial charge is 0.410 e. The van der Waals surface area contributed by atoms with Crippen LogP contribution in [0.2, 0.25) is 0 Å². The molecule has 0 spiro atoms. The Bertz CT molecular complexity index is 818. The summed E-state index contributed by atoms with van der Waals surface area (Å²) < 4.78 is 17.4. The molecule has 0 bridgehead atoms. The second-order valence-electron chi connectivity index (χ2n) is 8.35. The number of benzene rings is 1. The van der Waals surface area contributed by atoms with Gasteiger partial charge < -0.3 is 13.4 Å². The molecule has 1 aromatic heterocycles. The molecular formula is C21H32N2O4S. The van der Waals surface area contributed by atoms with E-state index in [-0.39, 0.29) is 11.6 Å². The molecule has 3 rings (SSSR count). The van der Waals surface area contributed by atoms with Crippen LogP contribution in [-0.4, -0.2) is 34.6 Å². The number of carbonyl (C=O) groups excluding carboxylic acids is 1. The molecule has 1 aromatic carbocycles. The van der Waals surface area contributed by atoms with Crippen molar-refractivity contribution < 1.29 is 19.7 Å². The molecule has 7 heteroatoms. The maximum atomic E-state index is 12.0. The van der Waals surface area contributed by atoms with Crippen LogP contribution in [0.4, 0.5) is 10.6 Å². The first-order chi connectivity index (χ1) is 13.2. The summed E-state index contributed by atoms with van der Waals surface area (Å²) in [4.78, 5) is 12.0. The highest BCUT2D eigenvalue weighted by atomic mass is 32.3. The second kappa shape index (κ2) is 7.79. The molecule has 0 radical (unpaired) electrons. The van der Waals surface area contributed by atoms with Gasteiger partial charge in [0.15, 0.2) is 5.82 Å². The lowest BCUT2D eigenvalue weighted by Gasteiger charge is -2.47. The van der Waals surface area contributed by atoms with E-state index in [0.717, 1.165) is 24.4 Å². The van der Waals surface area contributed by atoms with Gasteiger partial charge in [0.1, 0.15) is 11.5 Å². The van der Waals surface area contributed by atoms with Gasteiger partial charge in [-0.1, -0.05) is 51.1 Å². The standard InChI is InChI=1S/C21H30N2O4S.H2/c1-6-28(5,20(2,3)4)25-15-21(12-13-21)17-14-18(23-27-17)22-19(24)26-16-10-8-7-9-11-16;/h7-11,14H,6,12-13,15H2,1-5H3,(H,22,23,24);1H. The fraction of sp³-hybridized carbons (Fsp3) is 0.524. The molecule has 1 atom stereocenters. The van der Waals surface area contributed by atoms with Gasteiger partial charge in [-0.05, 0) is 37.0 Å². The molecule has 1 aliphatic carbocycles. The minimum absolute atomic E-state index is 0. The largest absolute Gasteiger partial charge is 0.418 e. The first-order valence-electron chi connectivity index (χ1n) is 9.58. The molecule has 1 heterocycles. The molecule has 1 aliphatic rings. The highest BCUT2D eigenvalue weighted by Crippen LogP contribution is 2.59. The number of amides is 1. The monoisotopic (exact) mass is 408 g/mol. The van der Waals surface area contributed by atoms with E-state index in [2.05, 4.69) is 44.4 Å². The molecule has 1 fully saturated rings. The Labute approximate surface area is 170 Å². The maximum Gasteiger partial charge on any atom is 0.418 e. The number of nitrogens with zero attached hydrogens (tertiary/aromatic N) is 1. The first-order valence-corrected chi connectivity index (χ1v) is 11.7. The summed E-state index contributed by atoms with van der Waals surface area (Å²) >= 11 is 0. The SMILES string of the molecule is CCS(C)(OCC1(c2cc(NC(=O)Oc3ccccc3)no2)CC1)C(C)(C)C.[HH]. The van der Waals surface area contributed by atoms with Crippen LogP contribution >= 0.6 is 10.3 Å². The fourth-order valence-electron chi connectivity index (χ4n) is 2.86. The van der Waals surface area contributed by atoms with Crippen LogP contribution in [0.15, 0.2) is 40.9 Å². The number of nitrogens with one attached hydrogen (secondary N) is 1. The van der Waals surface area contributed by atoms with Crippen LogP contribution in [0.5, 0.6) is 5.75 Å². The minimum atomic E-state index is -1.19. The summed E-state index contributed by atoms with van der Waals surface area (Å²) in [5, 5.41) is 6.60. The van der Waals surface area contributed by atoms with Gasteiger partial charge in [0.05, 0.1) is 12.0 Å². The van der Waals surface area contributed by atoms with Gasteiger partial charge in [0, 0.05) is 12.2 Å². The molecule has 0 saturated heterocycles. The average molecular weight is 409 g/mol. The quantitative estimate of drug-likeness (QED) is 0.631. The van der Waals surface area contributed by atoms with Crippen LogP contribution in [0.3, 0.4) is 0 Å². The van der Waals surface area contributed by atoms with E-state index in [9.17, 15) is 4.79 Å². The summed E-state index contributed by atoms with van der Waals surface area (Å²) in [6.07, 6.45) is 3.65.